The second-order valence-corrected chi connectivity index (χ2v) is 3.59. The number of methoxy groups -OCH3 is 1. The van der Waals surface area contributed by atoms with Crippen LogP contribution in [0.4, 0.5) is 11.5 Å². The standard InChI is InChI=1S/C12H12N4O2/c1-8-3-4-9(5-13-8)16-11-7-14-10(6-15-11)12(17)18-2/h3-7H,1-2H3,(H,15,16). The Hall–Kier alpha value is -2.50. The molecule has 1 N–H and O–H groups in total. The molecule has 0 unspecified atom stereocenters. The van der Waals surface area contributed by atoms with Gasteiger partial charge in [0.2, 0.25) is 0 Å². The Bertz CT molecular complexity index is 537. The third kappa shape index (κ3) is 2.79. The van der Waals surface area contributed by atoms with Crippen molar-refractivity contribution in [1.82, 2.24) is 15.0 Å². The highest BCUT2D eigenvalue weighted by atomic mass is 16.5. The van der Waals surface area contributed by atoms with Crippen LogP contribution in [0.2, 0.25) is 0 Å². The quantitative estimate of drug-likeness (QED) is 0.828. The van der Waals surface area contributed by atoms with Gasteiger partial charge in [0.25, 0.3) is 0 Å². The topological polar surface area (TPSA) is 77.0 Å². The normalized spacial score (nSPS) is 9.89. The number of anilines is 2. The van der Waals surface area contributed by atoms with Crippen molar-refractivity contribution >= 4 is 17.5 Å². The molecule has 0 aliphatic heterocycles. The Morgan fingerprint density at radius 3 is 2.56 bits per heavy atom. The Morgan fingerprint density at radius 2 is 2.00 bits per heavy atom. The number of nitrogens with one attached hydrogen (secondary N) is 1. The van der Waals surface area contributed by atoms with Gasteiger partial charge in [-0.2, -0.15) is 0 Å². The van der Waals surface area contributed by atoms with Gasteiger partial charge in [-0.3, -0.25) is 4.98 Å². The fourth-order valence-corrected chi connectivity index (χ4v) is 1.29. The molecule has 2 aromatic heterocycles. The molecule has 0 spiro atoms. The lowest BCUT2D eigenvalue weighted by atomic mass is 10.3. The number of hydrogen-bond acceptors (Lipinski definition) is 6. The van der Waals surface area contributed by atoms with Crippen molar-refractivity contribution < 1.29 is 9.53 Å². The first kappa shape index (κ1) is 12.0. The number of pyridine rings is 1. The molecule has 0 aliphatic carbocycles. The van der Waals surface area contributed by atoms with E-state index < -0.39 is 5.97 Å². The van der Waals surface area contributed by atoms with Crippen molar-refractivity contribution in [3.63, 3.8) is 0 Å². The maximum atomic E-state index is 11.2. The summed E-state index contributed by atoms with van der Waals surface area (Å²) in [6.07, 6.45) is 4.52. The first-order chi connectivity index (χ1) is 8.69. The summed E-state index contributed by atoms with van der Waals surface area (Å²) in [5.41, 5.74) is 1.92. The molecule has 6 nitrogen and oxygen atoms in total. The number of ether oxygens (including phenoxy) is 1. The zero-order valence-electron chi connectivity index (χ0n) is 10.0. The first-order valence-corrected chi connectivity index (χ1v) is 5.29. The molecule has 0 saturated heterocycles. The van der Waals surface area contributed by atoms with E-state index in [-0.39, 0.29) is 5.69 Å². The van der Waals surface area contributed by atoms with Crippen LogP contribution in [0.3, 0.4) is 0 Å². The average molecular weight is 244 g/mol. The molecule has 0 aliphatic rings. The molecule has 6 heteroatoms. The van der Waals surface area contributed by atoms with Gasteiger partial charge in [0.15, 0.2) is 5.69 Å². The summed E-state index contributed by atoms with van der Waals surface area (Å²) in [5, 5.41) is 3.03. The molecular formula is C12H12N4O2. The summed E-state index contributed by atoms with van der Waals surface area (Å²) in [6, 6.07) is 3.77. The molecule has 0 atom stereocenters. The minimum atomic E-state index is -0.508. The Labute approximate surface area is 104 Å². The number of esters is 1. The number of hydrogen-bond donors (Lipinski definition) is 1. The molecule has 0 amide bonds. The Morgan fingerprint density at radius 1 is 1.17 bits per heavy atom. The third-order valence-electron chi connectivity index (χ3n) is 2.23. The van der Waals surface area contributed by atoms with Crippen molar-refractivity contribution in [2.24, 2.45) is 0 Å². The molecule has 0 aromatic carbocycles. The fourth-order valence-electron chi connectivity index (χ4n) is 1.29. The van der Waals surface area contributed by atoms with Crippen LogP contribution in [0, 0.1) is 6.92 Å². The number of nitrogens with zero attached hydrogens (tertiary/aromatic N) is 3. The molecule has 2 rings (SSSR count). The maximum Gasteiger partial charge on any atom is 0.358 e. The van der Waals surface area contributed by atoms with Crippen LogP contribution in [-0.4, -0.2) is 28.0 Å². The van der Waals surface area contributed by atoms with Crippen LogP contribution in [0.15, 0.2) is 30.7 Å². The van der Waals surface area contributed by atoms with Gasteiger partial charge in [-0.15, -0.1) is 0 Å². The van der Waals surface area contributed by atoms with E-state index in [2.05, 4.69) is 25.0 Å². The largest absolute Gasteiger partial charge is 0.464 e. The van der Waals surface area contributed by atoms with E-state index in [1.807, 2.05) is 19.1 Å². The van der Waals surface area contributed by atoms with E-state index in [0.29, 0.717) is 5.82 Å². The van der Waals surface area contributed by atoms with Crippen LogP contribution in [0.1, 0.15) is 16.2 Å². The molecule has 92 valence electrons. The van der Waals surface area contributed by atoms with E-state index in [4.69, 9.17) is 0 Å². The molecule has 0 fully saturated rings. The first-order valence-electron chi connectivity index (χ1n) is 5.29. The number of carbonyl (C=O) groups excluding carboxylic acids is 1. The van der Waals surface area contributed by atoms with Gasteiger partial charge in [-0.05, 0) is 19.1 Å². The van der Waals surface area contributed by atoms with Crippen LogP contribution in [0.5, 0.6) is 0 Å². The summed E-state index contributed by atoms with van der Waals surface area (Å²) >= 11 is 0. The second kappa shape index (κ2) is 5.22. The third-order valence-corrected chi connectivity index (χ3v) is 2.23. The molecule has 0 radical (unpaired) electrons. The summed E-state index contributed by atoms with van der Waals surface area (Å²) in [4.78, 5) is 23.3. The zero-order chi connectivity index (χ0) is 13.0. The smallest absolute Gasteiger partial charge is 0.358 e. The van der Waals surface area contributed by atoms with Gasteiger partial charge in [0.1, 0.15) is 5.82 Å². The summed E-state index contributed by atoms with van der Waals surface area (Å²) in [5.74, 6) is 0.0272. The van der Waals surface area contributed by atoms with Gasteiger partial charge < -0.3 is 10.1 Å². The molecule has 2 heterocycles. The predicted octanol–water partition coefficient (Wildman–Crippen LogP) is 1.71. The molecule has 0 bridgehead atoms. The van der Waals surface area contributed by atoms with Crippen LogP contribution in [0.25, 0.3) is 0 Å². The summed E-state index contributed by atoms with van der Waals surface area (Å²) in [7, 11) is 1.30. The molecule has 0 saturated carbocycles. The van der Waals surface area contributed by atoms with E-state index in [1.54, 1.807) is 6.20 Å². The SMILES string of the molecule is COC(=O)c1cnc(Nc2ccc(C)nc2)cn1. The zero-order valence-corrected chi connectivity index (χ0v) is 10.0. The molecular weight excluding hydrogens is 232 g/mol. The van der Waals surface area contributed by atoms with Crippen molar-refractivity contribution in [2.75, 3.05) is 12.4 Å². The number of carbonyl (C=O) groups is 1. The summed E-state index contributed by atoms with van der Waals surface area (Å²) < 4.78 is 4.54. The Balaban J connectivity index is 2.10. The van der Waals surface area contributed by atoms with Gasteiger partial charge in [-0.25, -0.2) is 14.8 Å². The van der Waals surface area contributed by atoms with Crippen molar-refractivity contribution in [2.45, 2.75) is 6.92 Å². The van der Waals surface area contributed by atoms with Crippen LogP contribution < -0.4 is 5.32 Å². The van der Waals surface area contributed by atoms with E-state index >= 15 is 0 Å². The highest BCUT2D eigenvalue weighted by Gasteiger charge is 2.07. The number of rotatable bonds is 3. The van der Waals surface area contributed by atoms with Crippen molar-refractivity contribution in [3.05, 3.63) is 42.1 Å². The lowest BCUT2D eigenvalue weighted by Crippen LogP contribution is -2.05. The highest BCUT2D eigenvalue weighted by Crippen LogP contribution is 2.12. The number of aryl methyl sites for hydroxylation is 1. The number of aromatic nitrogens is 3. The van der Waals surface area contributed by atoms with Gasteiger partial charge in [0.05, 0.1) is 31.4 Å². The Kier molecular flexibility index (Phi) is 3.47. The maximum absolute atomic E-state index is 11.2. The highest BCUT2D eigenvalue weighted by molar-refractivity contribution is 5.86. The predicted molar refractivity (Wildman–Crippen MR) is 65.6 cm³/mol. The monoisotopic (exact) mass is 244 g/mol. The van der Waals surface area contributed by atoms with Gasteiger partial charge >= 0.3 is 5.97 Å². The van der Waals surface area contributed by atoms with Gasteiger partial charge in [-0.1, -0.05) is 0 Å². The average Bonchev–Trinajstić information content (AvgIpc) is 2.41. The minimum absolute atomic E-state index is 0.171. The molecule has 18 heavy (non-hydrogen) atoms. The van der Waals surface area contributed by atoms with Gasteiger partial charge in [0, 0.05) is 5.69 Å². The summed E-state index contributed by atoms with van der Waals surface area (Å²) in [6.45, 7) is 1.91. The second-order valence-electron chi connectivity index (χ2n) is 3.59. The lowest BCUT2D eigenvalue weighted by molar-refractivity contribution is 0.0593. The van der Waals surface area contributed by atoms with Crippen molar-refractivity contribution in [3.8, 4) is 0 Å². The van der Waals surface area contributed by atoms with Crippen LogP contribution >= 0.6 is 0 Å². The lowest BCUT2D eigenvalue weighted by Gasteiger charge is -2.05. The van der Waals surface area contributed by atoms with E-state index in [9.17, 15) is 4.79 Å². The molecule has 2 aromatic rings. The van der Waals surface area contributed by atoms with E-state index in [0.717, 1.165) is 11.4 Å². The fraction of sp³-hybridized carbons (Fsp3) is 0.167. The van der Waals surface area contributed by atoms with Crippen LogP contribution in [-0.2, 0) is 4.74 Å². The van der Waals surface area contributed by atoms with Crippen molar-refractivity contribution in [1.29, 1.82) is 0 Å². The van der Waals surface area contributed by atoms with E-state index in [1.165, 1.54) is 19.5 Å². The minimum Gasteiger partial charge on any atom is -0.464 e.